The molecule has 1 aromatic rings. The first kappa shape index (κ1) is 11.4. The predicted octanol–water partition coefficient (Wildman–Crippen LogP) is 0.00830. The van der Waals surface area contributed by atoms with Crippen molar-refractivity contribution < 1.29 is 10.0 Å². The van der Waals surface area contributed by atoms with Crippen LogP contribution in [0.25, 0.3) is 0 Å². The third kappa shape index (κ3) is 2.38. The first-order valence-electron chi connectivity index (χ1n) is 5.48. The number of amides is 1. The van der Waals surface area contributed by atoms with Gasteiger partial charge in [-0.05, 0) is 12.8 Å². The number of carbonyl (C=O) groups excluding carboxylic acids is 1. The lowest BCUT2D eigenvalue weighted by Gasteiger charge is -2.31. The Balaban J connectivity index is 2.05. The summed E-state index contributed by atoms with van der Waals surface area (Å²) in [6.07, 6.45) is 4.75. The number of likely N-dealkylation sites (tertiary alicyclic amines) is 1. The largest absolute Gasteiger partial charge is 0.409 e. The zero-order chi connectivity index (χ0) is 12.3. The molecule has 0 aliphatic carbocycles. The van der Waals surface area contributed by atoms with Crippen molar-refractivity contribution in [3.63, 3.8) is 0 Å². The maximum atomic E-state index is 12.0. The van der Waals surface area contributed by atoms with Crippen molar-refractivity contribution in [2.75, 3.05) is 13.1 Å². The smallest absolute Gasteiger partial charge is 0.257 e. The van der Waals surface area contributed by atoms with Crippen molar-refractivity contribution in [3.8, 4) is 0 Å². The number of nitrogens with one attached hydrogen (secondary N) is 1. The second-order valence-electron chi connectivity index (χ2n) is 4.10. The van der Waals surface area contributed by atoms with Gasteiger partial charge < -0.3 is 15.8 Å². The first-order valence-corrected chi connectivity index (χ1v) is 5.48. The average molecular weight is 237 g/mol. The van der Waals surface area contributed by atoms with Crippen LogP contribution < -0.4 is 5.73 Å². The van der Waals surface area contributed by atoms with Crippen LogP contribution in [0.4, 0.5) is 0 Å². The van der Waals surface area contributed by atoms with Gasteiger partial charge in [0.25, 0.3) is 5.91 Å². The molecule has 1 aliphatic rings. The van der Waals surface area contributed by atoms with Crippen LogP contribution in [0.2, 0.25) is 0 Å². The maximum Gasteiger partial charge on any atom is 0.257 e. The third-order valence-corrected chi connectivity index (χ3v) is 2.99. The number of amidine groups is 1. The summed E-state index contributed by atoms with van der Waals surface area (Å²) in [4.78, 5) is 13.7. The van der Waals surface area contributed by atoms with Gasteiger partial charge in [-0.1, -0.05) is 5.16 Å². The molecular weight excluding hydrogens is 222 g/mol. The fraction of sp³-hybridized carbons (Fsp3) is 0.500. The Bertz CT molecular complexity index is 414. The van der Waals surface area contributed by atoms with E-state index in [0.29, 0.717) is 18.7 Å². The van der Waals surface area contributed by atoms with Crippen LogP contribution in [0.3, 0.4) is 0 Å². The van der Waals surface area contributed by atoms with Gasteiger partial charge in [-0.2, -0.15) is 5.10 Å². The molecule has 1 atom stereocenters. The lowest BCUT2D eigenvalue weighted by molar-refractivity contribution is 0.0701. The summed E-state index contributed by atoms with van der Waals surface area (Å²) in [6.45, 7) is 1.18. The first-order chi connectivity index (χ1) is 8.22. The van der Waals surface area contributed by atoms with Crippen molar-refractivity contribution in [1.82, 2.24) is 15.1 Å². The summed E-state index contributed by atoms with van der Waals surface area (Å²) in [5, 5.41) is 18.0. The van der Waals surface area contributed by atoms with Gasteiger partial charge in [-0.3, -0.25) is 9.89 Å². The van der Waals surface area contributed by atoms with E-state index in [2.05, 4.69) is 15.4 Å². The normalized spacial score (nSPS) is 21.5. The van der Waals surface area contributed by atoms with Crippen LogP contribution in [0.15, 0.2) is 17.5 Å². The fourth-order valence-corrected chi connectivity index (χ4v) is 2.04. The summed E-state index contributed by atoms with van der Waals surface area (Å²) >= 11 is 0. The Kier molecular flexibility index (Phi) is 3.27. The molecule has 17 heavy (non-hydrogen) atoms. The number of piperidine rings is 1. The van der Waals surface area contributed by atoms with Crippen molar-refractivity contribution >= 4 is 11.7 Å². The van der Waals surface area contributed by atoms with Gasteiger partial charge in [0, 0.05) is 25.2 Å². The van der Waals surface area contributed by atoms with Gasteiger partial charge >= 0.3 is 0 Å². The molecule has 4 N–H and O–H groups in total. The van der Waals surface area contributed by atoms with Gasteiger partial charge in [0.2, 0.25) is 0 Å². The second kappa shape index (κ2) is 4.86. The molecule has 1 aromatic heterocycles. The standard InChI is InChI=1S/C10H15N5O2/c11-9(14-17)7-2-1-3-15(6-7)10(16)8-4-12-13-5-8/h4-5,7,17H,1-3,6H2,(H2,11,14)(H,12,13). The number of oxime groups is 1. The SMILES string of the molecule is NC(=NO)C1CCCN(C(=O)c2cn[nH]c2)C1. The molecule has 1 saturated heterocycles. The van der Waals surface area contributed by atoms with Gasteiger partial charge in [0.15, 0.2) is 0 Å². The third-order valence-electron chi connectivity index (χ3n) is 2.99. The molecular formula is C10H15N5O2. The van der Waals surface area contributed by atoms with E-state index in [1.54, 1.807) is 11.1 Å². The summed E-state index contributed by atoms with van der Waals surface area (Å²) < 4.78 is 0. The molecule has 7 nitrogen and oxygen atoms in total. The number of aromatic nitrogens is 2. The molecule has 2 rings (SSSR count). The van der Waals surface area contributed by atoms with Crippen molar-refractivity contribution in [3.05, 3.63) is 18.0 Å². The Morgan fingerprint density at radius 1 is 1.71 bits per heavy atom. The van der Waals surface area contributed by atoms with E-state index < -0.39 is 0 Å². The van der Waals surface area contributed by atoms with Crippen LogP contribution in [-0.2, 0) is 0 Å². The summed E-state index contributed by atoms with van der Waals surface area (Å²) in [5.74, 6) is 0.0495. The average Bonchev–Trinajstić information content (AvgIpc) is 2.91. The fourth-order valence-electron chi connectivity index (χ4n) is 2.04. The van der Waals surface area contributed by atoms with E-state index in [0.717, 1.165) is 12.8 Å². The molecule has 0 radical (unpaired) electrons. The Hall–Kier alpha value is -2.05. The number of hydrogen-bond acceptors (Lipinski definition) is 4. The molecule has 0 bridgehead atoms. The van der Waals surface area contributed by atoms with Crippen molar-refractivity contribution in [1.29, 1.82) is 0 Å². The lowest BCUT2D eigenvalue weighted by Crippen LogP contribution is -2.44. The van der Waals surface area contributed by atoms with E-state index in [1.165, 1.54) is 6.20 Å². The van der Waals surface area contributed by atoms with Gasteiger partial charge in [-0.25, -0.2) is 0 Å². The molecule has 1 unspecified atom stereocenters. The molecule has 2 heterocycles. The van der Waals surface area contributed by atoms with E-state index in [1.807, 2.05) is 0 Å². The lowest BCUT2D eigenvalue weighted by atomic mass is 9.96. The van der Waals surface area contributed by atoms with Gasteiger partial charge in [0.05, 0.1) is 11.8 Å². The quantitative estimate of drug-likeness (QED) is 0.291. The van der Waals surface area contributed by atoms with Gasteiger partial charge in [0.1, 0.15) is 5.84 Å². The minimum atomic E-state index is -0.0748. The molecule has 0 aromatic carbocycles. The van der Waals surface area contributed by atoms with Crippen LogP contribution in [0, 0.1) is 5.92 Å². The number of carbonyl (C=O) groups is 1. The number of nitrogens with zero attached hydrogens (tertiary/aromatic N) is 3. The Morgan fingerprint density at radius 2 is 2.53 bits per heavy atom. The number of hydrogen-bond donors (Lipinski definition) is 3. The number of rotatable bonds is 2. The molecule has 7 heteroatoms. The molecule has 1 fully saturated rings. The van der Waals surface area contributed by atoms with Crippen molar-refractivity contribution in [2.45, 2.75) is 12.8 Å². The minimum absolute atomic E-state index is 0.0652. The summed E-state index contributed by atoms with van der Waals surface area (Å²) in [7, 11) is 0. The number of nitrogens with two attached hydrogens (primary N) is 1. The second-order valence-corrected chi connectivity index (χ2v) is 4.10. The highest BCUT2D eigenvalue weighted by Crippen LogP contribution is 2.18. The number of aromatic amines is 1. The number of H-pyrrole nitrogens is 1. The Labute approximate surface area is 98.3 Å². The van der Waals surface area contributed by atoms with Crippen molar-refractivity contribution in [2.24, 2.45) is 16.8 Å². The highest BCUT2D eigenvalue weighted by atomic mass is 16.4. The molecule has 0 spiro atoms. The van der Waals surface area contributed by atoms with E-state index >= 15 is 0 Å². The van der Waals surface area contributed by atoms with Crippen LogP contribution >= 0.6 is 0 Å². The highest BCUT2D eigenvalue weighted by molar-refractivity contribution is 5.94. The van der Waals surface area contributed by atoms with Crippen LogP contribution in [0.5, 0.6) is 0 Å². The zero-order valence-corrected chi connectivity index (χ0v) is 9.33. The minimum Gasteiger partial charge on any atom is -0.409 e. The van der Waals surface area contributed by atoms with E-state index in [9.17, 15) is 4.79 Å². The molecule has 0 saturated carbocycles. The topological polar surface area (TPSA) is 108 Å². The van der Waals surface area contributed by atoms with E-state index in [4.69, 9.17) is 10.9 Å². The monoisotopic (exact) mass is 237 g/mol. The zero-order valence-electron chi connectivity index (χ0n) is 9.33. The van der Waals surface area contributed by atoms with Crippen LogP contribution in [-0.4, -0.2) is 45.1 Å². The van der Waals surface area contributed by atoms with Crippen LogP contribution in [0.1, 0.15) is 23.2 Å². The maximum absolute atomic E-state index is 12.0. The van der Waals surface area contributed by atoms with E-state index in [-0.39, 0.29) is 17.7 Å². The summed E-state index contributed by atoms with van der Waals surface area (Å²) in [6, 6.07) is 0. The Morgan fingerprint density at radius 3 is 3.18 bits per heavy atom. The van der Waals surface area contributed by atoms with Gasteiger partial charge in [-0.15, -0.1) is 0 Å². The summed E-state index contributed by atoms with van der Waals surface area (Å²) in [5.41, 5.74) is 6.10. The molecule has 1 aliphatic heterocycles. The molecule has 1 amide bonds. The highest BCUT2D eigenvalue weighted by Gasteiger charge is 2.27. The molecule has 92 valence electrons. The predicted molar refractivity (Wildman–Crippen MR) is 60.6 cm³/mol.